The van der Waals surface area contributed by atoms with Gasteiger partial charge in [-0.3, -0.25) is 0 Å². The Morgan fingerprint density at radius 3 is 2.06 bits per heavy atom. The van der Waals surface area contributed by atoms with Crippen LogP contribution in [0.25, 0.3) is 0 Å². The van der Waals surface area contributed by atoms with Crippen molar-refractivity contribution in [3.05, 3.63) is 12.7 Å². The van der Waals surface area contributed by atoms with Crippen LogP contribution in [0.15, 0.2) is 12.7 Å². The molecule has 0 fully saturated rings. The van der Waals surface area contributed by atoms with Gasteiger partial charge in [0.2, 0.25) is 0 Å². The SMILES string of the molecule is C=CCOCCCCO[Si](CC)(CC)CC. The first-order valence-electron chi connectivity index (χ1n) is 6.57. The van der Waals surface area contributed by atoms with E-state index in [1.807, 2.05) is 0 Å². The summed E-state index contributed by atoms with van der Waals surface area (Å²) in [4.78, 5) is 0. The van der Waals surface area contributed by atoms with Crippen molar-refractivity contribution in [3.63, 3.8) is 0 Å². The largest absolute Gasteiger partial charge is 0.417 e. The second kappa shape index (κ2) is 10.1. The molecule has 0 spiro atoms. The van der Waals surface area contributed by atoms with E-state index < -0.39 is 8.32 Å². The normalized spacial score (nSPS) is 11.7. The minimum atomic E-state index is -1.35. The van der Waals surface area contributed by atoms with Crippen molar-refractivity contribution in [1.29, 1.82) is 0 Å². The molecule has 0 saturated heterocycles. The average molecular weight is 244 g/mol. The van der Waals surface area contributed by atoms with Crippen molar-refractivity contribution in [2.45, 2.75) is 51.7 Å². The van der Waals surface area contributed by atoms with Gasteiger partial charge in [0.05, 0.1) is 6.61 Å². The van der Waals surface area contributed by atoms with Gasteiger partial charge in [-0.25, -0.2) is 0 Å². The summed E-state index contributed by atoms with van der Waals surface area (Å²) in [6.07, 6.45) is 4.00. The first-order chi connectivity index (χ1) is 7.74. The molecule has 16 heavy (non-hydrogen) atoms. The molecule has 0 bridgehead atoms. The molecule has 0 radical (unpaired) electrons. The second-order valence-corrected chi connectivity index (χ2v) is 8.94. The molecule has 0 N–H and O–H groups in total. The van der Waals surface area contributed by atoms with E-state index in [-0.39, 0.29) is 0 Å². The van der Waals surface area contributed by atoms with Gasteiger partial charge in [-0.1, -0.05) is 26.8 Å². The molecule has 0 atom stereocenters. The lowest BCUT2D eigenvalue weighted by Crippen LogP contribution is -2.36. The quantitative estimate of drug-likeness (QED) is 0.311. The Labute approximate surface area is 102 Å². The number of rotatable bonds is 11. The number of ether oxygens (including phenoxy) is 1. The smallest absolute Gasteiger partial charge is 0.191 e. The zero-order valence-corrected chi connectivity index (χ0v) is 12.3. The van der Waals surface area contributed by atoms with E-state index in [9.17, 15) is 0 Å². The summed E-state index contributed by atoms with van der Waals surface area (Å²) in [7, 11) is -1.35. The van der Waals surface area contributed by atoms with Crippen molar-refractivity contribution in [2.75, 3.05) is 19.8 Å². The fraction of sp³-hybridized carbons (Fsp3) is 0.846. The topological polar surface area (TPSA) is 18.5 Å². The van der Waals surface area contributed by atoms with Crippen LogP contribution >= 0.6 is 0 Å². The summed E-state index contributed by atoms with van der Waals surface area (Å²) < 4.78 is 11.5. The third-order valence-electron chi connectivity index (χ3n) is 3.26. The predicted molar refractivity (Wildman–Crippen MR) is 73.4 cm³/mol. The lowest BCUT2D eigenvalue weighted by atomic mass is 10.3. The van der Waals surface area contributed by atoms with Crippen LogP contribution in [-0.4, -0.2) is 28.1 Å². The monoisotopic (exact) mass is 244 g/mol. The maximum atomic E-state index is 6.15. The molecule has 96 valence electrons. The first-order valence-corrected chi connectivity index (χ1v) is 9.10. The number of hydrogen-bond donors (Lipinski definition) is 0. The van der Waals surface area contributed by atoms with Crippen molar-refractivity contribution in [3.8, 4) is 0 Å². The van der Waals surface area contributed by atoms with E-state index in [1.54, 1.807) is 6.08 Å². The van der Waals surface area contributed by atoms with Crippen molar-refractivity contribution >= 4 is 8.32 Å². The molecule has 0 amide bonds. The van der Waals surface area contributed by atoms with Gasteiger partial charge in [-0.05, 0) is 31.0 Å². The third-order valence-corrected chi connectivity index (χ3v) is 7.94. The van der Waals surface area contributed by atoms with Crippen LogP contribution in [0.3, 0.4) is 0 Å². The fourth-order valence-corrected chi connectivity index (χ4v) is 4.51. The van der Waals surface area contributed by atoms with Gasteiger partial charge in [0.15, 0.2) is 8.32 Å². The summed E-state index contributed by atoms with van der Waals surface area (Å²) >= 11 is 0. The highest BCUT2D eigenvalue weighted by Gasteiger charge is 2.27. The molecule has 0 aliphatic carbocycles. The molecule has 2 nitrogen and oxygen atoms in total. The standard InChI is InChI=1S/C13H28O2Si/c1-5-11-14-12-9-10-13-15-16(6-2,7-3)8-4/h5H,1,6-13H2,2-4H3. The Hall–Kier alpha value is -0.123. The summed E-state index contributed by atoms with van der Waals surface area (Å²) in [5.41, 5.74) is 0. The minimum absolute atomic E-state index is 0.665. The molecule has 0 unspecified atom stereocenters. The molecular formula is C13H28O2Si. The zero-order chi connectivity index (χ0) is 12.3. The van der Waals surface area contributed by atoms with E-state index in [0.29, 0.717) is 6.61 Å². The van der Waals surface area contributed by atoms with Crippen LogP contribution in [0, 0.1) is 0 Å². The van der Waals surface area contributed by atoms with Crippen LogP contribution in [0.4, 0.5) is 0 Å². The Kier molecular flexibility index (Phi) is 9.98. The van der Waals surface area contributed by atoms with Crippen molar-refractivity contribution < 1.29 is 9.16 Å². The molecule has 0 aromatic carbocycles. The van der Waals surface area contributed by atoms with E-state index in [2.05, 4.69) is 27.4 Å². The summed E-state index contributed by atoms with van der Waals surface area (Å²) in [5.74, 6) is 0. The van der Waals surface area contributed by atoms with E-state index >= 15 is 0 Å². The predicted octanol–water partition coefficient (Wildman–Crippen LogP) is 3.99. The lowest BCUT2D eigenvalue weighted by Gasteiger charge is -2.27. The molecule has 0 heterocycles. The van der Waals surface area contributed by atoms with Gasteiger partial charge >= 0.3 is 0 Å². The van der Waals surface area contributed by atoms with Crippen LogP contribution in [0.1, 0.15) is 33.6 Å². The maximum Gasteiger partial charge on any atom is 0.191 e. The Morgan fingerprint density at radius 2 is 1.56 bits per heavy atom. The highest BCUT2D eigenvalue weighted by molar-refractivity contribution is 6.73. The van der Waals surface area contributed by atoms with E-state index in [0.717, 1.165) is 26.1 Å². The van der Waals surface area contributed by atoms with Crippen LogP contribution < -0.4 is 0 Å². The Bertz CT molecular complexity index is 159. The molecule has 0 aliphatic heterocycles. The van der Waals surface area contributed by atoms with Crippen molar-refractivity contribution in [2.24, 2.45) is 0 Å². The van der Waals surface area contributed by atoms with Crippen molar-refractivity contribution in [1.82, 2.24) is 0 Å². The first kappa shape index (κ1) is 15.9. The Morgan fingerprint density at radius 1 is 1.00 bits per heavy atom. The molecule has 0 aliphatic rings. The van der Waals surface area contributed by atoms with Gasteiger partial charge in [0, 0.05) is 13.2 Å². The van der Waals surface area contributed by atoms with Gasteiger partial charge in [-0.15, -0.1) is 6.58 Å². The molecule has 0 rings (SSSR count). The number of hydrogen-bond acceptors (Lipinski definition) is 2. The lowest BCUT2D eigenvalue weighted by molar-refractivity contribution is 0.151. The van der Waals surface area contributed by atoms with Crippen LogP contribution in [0.5, 0.6) is 0 Å². The fourth-order valence-electron chi connectivity index (χ4n) is 1.82. The third kappa shape index (κ3) is 6.46. The van der Waals surface area contributed by atoms with Crippen LogP contribution in [-0.2, 0) is 9.16 Å². The Balaban J connectivity index is 3.51. The van der Waals surface area contributed by atoms with Gasteiger partial charge in [0.1, 0.15) is 0 Å². The summed E-state index contributed by atoms with van der Waals surface area (Å²) in [6.45, 7) is 12.8. The second-order valence-electron chi connectivity index (χ2n) is 4.16. The zero-order valence-electron chi connectivity index (χ0n) is 11.3. The van der Waals surface area contributed by atoms with Gasteiger partial charge in [0.25, 0.3) is 0 Å². The molecule has 0 aromatic rings. The molecule has 0 aromatic heterocycles. The molecular weight excluding hydrogens is 216 g/mol. The number of unbranched alkanes of at least 4 members (excludes halogenated alkanes) is 1. The van der Waals surface area contributed by atoms with Gasteiger partial charge in [-0.2, -0.15) is 0 Å². The van der Waals surface area contributed by atoms with E-state index in [1.165, 1.54) is 18.1 Å². The highest BCUT2D eigenvalue weighted by Crippen LogP contribution is 2.21. The van der Waals surface area contributed by atoms with Gasteiger partial charge < -0.3 is 9.16 Å². The average Bonchev–Trinajstić information content (AvgIpc) is 2.34. The van der Waals surface area contributed by atoms with E-state index in [4.69, 9.17) is 9.16 Å². The molecule has 0 saturated carbocycles. The summed E-state index contributed by atoms with van der Waals surface area (Å²) in [6, 6.07) is 3.73. The maximum absolute atomic E-state index is 6.15. The summed E-state index contributed by atoms with van der Waals surface area (Å²) in [5, 5.41) is 0. The van der Waals surface area contributed by atoms with Crippen LogP contribution in [0.2, 0.25) is 18.1 Å². The molecule has 3 heteroatoms. The minimum Gasteiger partial charge on any atom is -0.417 e. The highest BCUT2D eigenvalue weighted by atomic mass is 28.4.